The Balaban J connectivity index is 0.000000646. The molecule has 0 fully saturated rings. The molecule has 2 aromatic rings. The Morgan fingerprint density at radius 3 is 2.41 bits per heavy atom. The molecule has 0 saturated carbocycles. The summed E-state index contributed by atoms with van der Waals surface area (Å²) in [5.74, 6) is 1.08. The number of nitrogens with zero attached hydrogens (tertiary/aromatic N) is 3. The molecule has 6 N–H and O–H groups in total. The zero-order valence-electron chi connectivity index (χ0n) is 14.4. The summed E-state index contributed by atoms with van der Waals surface area (Å²) < 4.78 is 25.9. The molecule has 0 aromatic carbocycles. The lowest BCUT2D eigenvalue weighted by atomic mass is 10.2. The topological polar surface area (TPSA) is 203 Å². The van der Waals surface area contributed by atoms with Gasteiger partial charge in [0, 0.05) is 19.5 Å². The van der Waals surface area contributed by atoms with Crippen molar-refractivity contribution < 1.29 is 42.7 Å². The van der Waals surface area contributed by atoms with Crippen molar-refractivity contribution in [3.8, 4) is 0 Å². The second-order valence-electron chi connectivity index (χ2n) is 5.25. The van der Waals surface area contributed by atoms with Crippen LogP contribution in [-0.4, -0.2) is 36.1 Å². The van der Waals surface area contributed by atoms with E-state index in [2.05, 4.69) is 14.5 Å². The van der Waals surface area contributed by atoms with Crippen LogP contribution in [0.15, 0.2) is 11.7 Å². The highest BCUT2D eigenvalue weighted by atomic mass is 32.1. The van der Waals surface area contributed by atoms with Crippen molar-refractivity contribution >= 4 is 32.8 Å². The number of nitrogen functional groups attached to an aromatic ring is 1. The van der Waals surface area contributed by atoms with E-state index in [4.69, 9.17) is 34.8 Å². The Morgan fingerprint density at radius 1 is 1.30 bits per heavy atom. The molecular formula is C12H20N4O8P2S. The molecule has 0 spiro atoms. The fourth-order valence-corrected chi connectivity index (χ4v) is 3.23. The van der Waals surface area contributed by atoms with E-state index in [1.807, 2.05) is 17.0 Å². The van der Waals surface area contributed by atoms with Crippen LogP contribution in [0.25, 0.3) is 0 Å². The van der Waals surface area contributed by atoms with Gasteiger partial charge in [-0.2, -0.15) is 4.57 Å². The lowest BCUT2D eigenvalue weighted by Gasteiger charge is -2.04. The Bertz CT molecular complexity index is 857. The molecule has 2 heterocycles. The van der Waals surface area contributed by atoms with Crippen LogP contribution in [0.5, 0.6) is 0 Å². The lowest BCUT2D eigenvalue weighted by Crippen LogP contribution is -2.35. The fourth-order valence-electron chi connectivity index (χ4n) is 1.92. The van der Waals surface area contributed by atoms with Crippen LogP contribution >= 0.6 is 27.0 Å². The van der Waals surface area contributed by atoms with Gasteiger partial charge in [0.25, 0.3) is 7.82 Å². The first-order valence-electron chi connectivity index (χ1n) is 7.27. The number of hydrogen-bond donors (Lipinski definition) is 5. The second-order valence-corrected chi connectivity index (χ2v) is 8.41. The quantitative estimate of drug-likeness (QED) is 0.276. The molecule has 0 aliphatic heterocycles. The number of thiazole rings is 1. The van der Waals surface area contributed by atoms with Gasteiger partial charge in [0.15, 0.2) is 12.2 Å². The van der Waals surface area contributed by atoms with Gasteiger partial charge in [-0.1, -0.05) is 11.3 Å². The second kappa shape index (κ2) is 9.78. The molecule has 2 aromatic heterocycles. The third kappa shape index (κ3) is 10.0. The Morgan fingerprint density at radius 2 is 1.89 bits per heavy atom. The number of phosphoric ester groups is 1. The van der Waals surface area contributed by atoms with Gasteiger partial charge in [0.1, 0.15) is 11.6 Å². The summed E-state index contributed by atoms with van der Waals surface area (Å²) in [7, 11) is -9.30. The van der Waals surface area contributed by atoms with E-state index < -0.39 is 15.6 Å². The van der Waals surface area contributed by atoms with Crippen molar-refractivity contribution in [2.24, 2.45) is 0 Å². The summed E-state index contributed by atoms with van der Waals surface area (Å²) in [5, 5.41) is 0. The van der Waals surface area contributed by atoms with E-state index in [-0.39, 0.29) is 6.61 Å². The first-order chi connectivity index (χ1) is 12.3. The van der Waals surface area contributed by atoms with Gasteiger partial charge < -0.3 is 30.2 Å². The van der Waals surface area contributed by atoms with Crippen LogP contribution in [0.3, 0.4) is 0 Å². The van der Waals surface area contributed by atoms with Crippen LogP contribution in [-0.2, 0) is 26.6 Å². The summed E-state index contributed by atoms with van der Waals surface area (Å²) in [6.07, 6.45) is 2.15. The minimum Gasteiger partial charge on any atom is -0.756 e. The number of hydrogen-bond acceptors (Lipinski definition) is 8. The predicted molar refractivity (Wildman–Crippen MR) is 93.3 cm³/mol. The maximum atomic E-state index is 10.7. The highest BCUT2D eigenvalue weighted by molar-refractivity contribution is 7.46. The lowest BCUT2D eigenvalue weighted by molar-refractivity contribution is -0.689. The van der Waals surface area contributed by atoms with E-state index >= 15 is 0 Å². The van der Waals surface area contributed by atoms with Crippen molar-refractivity contribution in [1.82, 2.24) is 9.97 Å². The van der Waals surface area contributed by atoms with Gasteiger partial charge in [-0.15, -0.1) is 0 Å². The Hall–Kier alpha value is -1.27. The molecule has 15 heteroatoms. The maximum Gasteiger partial charge on any atom is 0.469 e. The zero-order chi connectivity index (χ0) is 20.8. The first kappa shape index (κ1) is 23.8. The van der Waals surface area contributed by atoms with Gasteiger partial charge in [-0.3, -0.25) is 9.09 Å². The fraction of sp³-hybridized carbons (Fsp3) is 0.417. The summed E-state index contributed by atoms with van der Waals surface area (Å²) in [6, 6.07) is 0. The highest BCUT2D eigenvalue weighted by Gasteiger charge is 2.19. The van der Waals surface area contributed by atoms with Crippen LogP contribution in [0.4, 0.5) is 5.82 Å². The third-order valence-corrected chi connectivity index (χ3v) is 4.77. The summed E-state index contributed by atoms with van der Waals surface area (Å²) in [4.78, 5) is 49.6. The smallest absolute Gasteiger partial charge is 0.469 e. The number of rotatable bonds is 6. The average molecular weight is 442 g/mol. The van der Waals surface area contributed by atoms with E-state index in [9.17, 15) is 4.57 Å². The maximum absolute atomic E-state index is 10.7. The van der Waals surface area contributed by atoms with Crippen LogP contribution in [0, 0.1) is 13.8 Å². The molecule has 2 rings (SSSR count). The average Bonchev–Trinajstić information content (AvgIpc) is 2.80. The van der Waals surface area contributed by atoms with E-state index in [1.165, 1.54) is 11.3 Å². The normalized spacial score (nSPS) is 11.8. The molecule has 0 aliphatic rings. The van der Waals surface area contributed by atoms with Gasteiger partial charge in [-0.05, 0) is 6.92 Å². The monoisotopic (exact) mass is 442 g/mol. The summed E-state index contributed by atoms with van der Waals surface area (Å²) >= 11 is 1.50. The molecule has 0 radical (unpaired) electrons. The van der Waals surface area contributed by atoms with Crippen molar-refractivity contribution in [3.63, 3.8) is 0 Å². The Labute approximate surface area is 158 Å². The van der Waals surface area contributed by atoms with Crippen molar-refractivity contribution in [2.75, 3.05) is 12.3 Å². The third-order valence-electron chi connectivity index (χ3n) is 3.10. The van der Waals surface area contributed by atoms with Crippen LogP contribution in [0.1, 0.15) is 22.0 Å². The zero-order valence-corrected chi connectivity index (χ0v) is 17.0. The minimum absolute atomic E-state index is 0.0264. The summed E-state index contributed by atoms with van der Waals surface area (Å²) in [6.45, 7) is 4.24. The molecule has 0 unspecified atom stereocenters. The summed E-state index contributed by atoms with van der Waals surface area (Å²) in [5.41, 5.74) is 9.65. The highest BCUT2D eigenvalue weighted by Crippen LogP contribution is 2.35. The van der Waals surface area contributed by atoms with Crippen LogP contribution < -0.4 is 15.2 Å². The largest absolute Gasteiger partial charge is 0.756 e. The number of nitrogens with two attached hydrogens (primary N) is 1. The van der Waals surface area contributed by atoms with E-state index in [0.717, 1.165) is 16.1 Å². The first-order valence-corrected chi connectivity index (χ1v) is 11.2. The van der Waals surface area contributed by atoms with Crippen molar-refractivity contribution in [1.29, 1.82) is 0 Å². The molecule has 0 atom stereocenters. The molecule has 0 aliphatic carbocycles. The number of aryl methyl sites for hydroxylation is 1. The van der Waals surface area contributed by atoms with Crippen molar-refractivity contribution in [2.45, 2.75) is 26.8 Å². The van der Waals surface area contributed by atoms with Crippen LogP contribution in [0.2, 0.25) is 0 Å². The number of anilines is 1. The molecule has 152 valence electrons. The molecule has 0 bridgehead atoms. The molecule has 12 nitrogen and oxygen atoms in total. The number of phosphoric acid groups is 2. The molecule has 0 saturated heterocycles. The molecular weight excluding hydrogens is 422 g/mol. The molecule has 0 amide bonds. The Kier molecular flexibility index (Phi) is 8.61. The minimum atomic E-state index is -4.89. The standard InChI is InChI=1S/C12H17N4O4PS.H3O4P/c1-8-11(3-4-20-21(17,18)19)22-7-16(8)6-10-5-14-9(2)15-12(10)13;1-5(2,3)4/h5,7H,3-4,6H2,1-2H3,(H3-,13,14,15,17,18,19);(H3,1,2,3,4). The predicted octanol–water partition coefficient (Wildman–Crippen LogP) is -0.836. The van der Waals surface area contributed by atoms with Gasteiger partial charge in [0.2, 0.25) is 5.51 Å². The van der Waals surface area contributed by atoms with Gasteiger partial charge in [-0.25, -0.2) is 14.5 Å². The van der Waals surface area contributed by atoms with Gasteiger partial charge in [0.05, 0.1) is 17.0 Å². The van der Waals surface area contributed by atoms with E-state index in [1.54, 1.807) is 13.1 Å². The number of aromatic nitrogens is 3. The SMILES string of the molecule is Cc1ncc(C[n+]2csc(CCOP(=O)(O)O)c2C)c(N)n1.O=P([O-])(O)O. The molecule has 27 heavy (non-hydrogen) atoms. The van der Waals surface area contributed by atoms with E-state index in [0.29, 0.717) is 24.6 Å². The van der Waals surface area contributed by atoms with Gasteiger partial charge >= 0.3 is 7.82 Å². The van der Waals surface area contributed by atoms with Crippen molar-refractivity contribution in [3.05, 3.63) is 33.7 Å².